The maximum absolute atomic E-state index is 12.9. The number of halogens is 2. The first-order valence-corrected chi connectivity index (χ1v) is 7.55. The van der Waals surface area contributed by atoms with Crippen molar-refractivity contribution in [3.63, 3.8) is 0 Å². The van der Waals surface area contributed by atoms with E-state index in [1.165, 1.54) is 0 Å². The summed E-state index contributed by atoms with van der Waals surface area (Å²) in [4.78, 5) is 28.4. The zero-order valence-corrected chi connectivity index (χ0v) is 13.4. The van der Waals surface area contributed by atoms with Gasteiger partial charge in [0.1, 0.15) is 5.52 Å². The largest absolute Gasteiger partial charge is 0.434 e. The van der Waals surface area contributed by atoms with Gasteiger partial charge in [0, 0.05) is 6.42 Å². The van der Waals surface area contributed by atoms with Gasteiger partial charge in [-0.3, -0.25) is 9.59 Å². The van der Waals surface area contributed by atoms with E-state index >= 15 is 0 Å². The minimum absolute atomic E-state index is 0.141. The number of Topliss-reactive ketones (excluding diaryl/α,β-unsaturated/α-hetero) is 1. The zero-order valence-electron chi connectivity index (χ0n) is 13.4. The summed E-state index contributed by atoms with van der Waals surface area (Å²) in [7, 11) is 0. The SMILES string of the molecule is CC[C@H](NC(=O)[C@@H](N)CC(C)(F)F)C(=O)c1nc2ccccc2o1. The summed E-state index contributed by atoms with van der Waals surface area (Å²) in [5.41, 5.74) is 6.43. The minimum atomic E-state index is -3.07. The molecule has 2 rings (SSSR count). The van der Waals surface area contributed by atoms with Crippen LogP contribution in [0.4, 0.5) is 8.78 Å². The third kappa shape index (κ3) is 4.35. The van der Waals surface area contributed by atoms with Crippen LogP contribution in [0.2, 0.25) is 0 Å². The molecule has 0 unspecified atom stereocenters. The van der Waals surface area contributed by atoms with Crippen molar-refractivity contribution in [1.82, 2.24) is 10.3 Å². The van der Waals surface area contributed by atoms with Gasteiger partial charge in [0.15, 0.2) is 5.58 Å². The molecule has 3 N–H and O–H groups in total. The number of amides is 1. The summed E-state index contributed by atoms with van der Waals surface area (Å²) in [5, 5.41) is 2.38. The highest BCUT2D eigenvalue weighted by atomic mass is 19.3. The van der Waals surface area contributed by atoms with Crippen LogP contribution in [0.15, 0.2) is 28.7 Å². The summed E-state index contributed by atoms with van der Waals surface area (Å²) in [6, 6.07) is 4.50. The second-order valence-corrected chi connectivity index (χ2v) is 5.70. The van der Waals surface area contributed by atoms with Crippen LogP contribution in [0.5, 0.6) is 0 Å². The molecular weight excluding hydrogens is 320 g/mol. The van der Waals surface area contributed by atoms with Crippen molar-refractivity contribution in [1.29, 1.82) is 0 Å². The van der Waals surface area contributed by atoms with Crippen molar-refractivity contribution >= 4 is 22.8 Å². The molecule has 0 aliphatic heterocycles. The molecule has 0 saturated heterocycles. The smallest absolute Gasteiger partial charge is 0.266 e. The second kappa shape index (κ2) is 7.04. The number of carbonyl (C=O) groups excluding carboxylic acids is 2. The number of nitrogens with two attached hydrogens (primary N) is 1. The Morgan fingerprint density at radius 2 is 2.04 bits per heavy atom. The standard InChI is InChI=1S/C16H19F2N3O3/c1-3-10(20-14(23)9(19)8-16(2,17)18)13(22)15-21-11-6-4-5-7-12(11)24-15/h4-7,9-10H,3,8,19H2,1-2H3,(H,20,23)/t9-,10-/m0/s1. The van der Waals surface area contributed by atoms with Crippen LogP contribution < -0.4 is 11.1 Å². The van der Waals surface area contributed by atoms with E-state index in [-0.39, 0.29) is 12.3 Å². The van der Waals surface area contributed by atoms with E-state index in [4.69, 9.17) is 10.2 Å². The number of nitrogens with zero attached hydrogens (tertiary/aromatic N) is 1. The quantitative estimate of drug-likeness (QED) is 0.754. The maximum atomic E-state index is 12.9. The summed E-state index contributed by atoms with van der Waals surface area (Å²) in [6.45, 7) is 2.35. The number of fused-ring (bicyclic) bond motifs is 1. The Morgan fingerprint density at radius 3 is 2.62 bits per heavy atom. The molecule has 8 heteroatoms. The van der Waals surface area contributed by atoms with E-state index < -0.39 is 36.1 Å². The number of alkyl halides is 2. The molecule has 1 amide bonds. The summed E-state index contributed by atoms with van der Waals surface area (Å²) in [5.74, 6) is -4.55. The Labute approximate surface area is 137 Å². The predicted octanol–water partition coefficient (Wildman–Crippen LogP) is 2.28. The molecular formula is C16H19F2N3O3. The Bertz CT molecular complexity index is 706. The Kier molecular flexibility index (Phi) is 5.28. The molecule has 130 valence electrons. The molecule has 24 heavy (non-hydrogen) atoms. The highest BCUT2D eigenvalue weighted by Gasteiger charge is 2.31. The van der Waals surface area contributed by atoms with Gasteiger partial charge in [-0.25, -0.2) is 13.8 Å². The first-order valence-electron chi connectivity index (χ1n) is 7.55. The molecule has 1 aromatic heterocycles. The molecule has 1 heterocycles. The summed E-state index contributed by atoms with van der Waals surface area (Å²) in [6.07, 6.45) is -0.551. The molecule has 0 aliphatic carbocycles. The Balaban J connectivity index is 2.09. The van der Waals surface area contributed by atoms with Gasteiger partial charge < -0.3 is 15.5 Å². The van der Waals surface area contributed by atoms with Gasteiger partial charge in [-0.15, -0.1) is 0 Å². The van der Waals surface area contributed by atoms with E-state index in [9.17, 15) is 18.4 Å². The topological polar surface area (TPSA) is 98.2 Å². The molecule has 6 nitrogen and oxygen atoms in total. The minimum Gasteiger partial charge on any atom is -0.434 e. The Hall–Kier alpha value is -2.35. The van der Waals surface area contributed by atoms with E-state index in [2.05, 4.69) is 10.3 Å². The monoisotopic (exact) mass is 339 g/mol. The number of para-hydroxylation sites is 2. The molecule has 0 fully saturated rings. The fraction of sp³-hybridized carbons (Fsp3) is 0.438. The molecule has 2 aromatic rings. The van der Waals surface area contributed by atoms with E-state index in [1.807, 2.05) is 0 Å². The van der Waals surface area contributed by atoms with E-state index in [0.717, 1.165) is 0 Å². The van der Waals surface area contributed by atoms with Gasteiger partial charge in [0.2, 0.25) is 17.6 Å². The molecule has 0 radical (unpaired) electrons. The van der Waals surface area contributed by atoms with Crippen LogP contribution in [0, 0.1) is 0 Å². The number of aromatic nitrogens is 1. The van der Waals surface area contributed by atoms with Crippen LogP contribution in [-0.2, 0) is 4.79 Å². The van der Waals surface area contributed by atoms with Crippen molar-refractivity contribution in [2.75, 3.05) is 0 Å². The predicted molar refractivity (Wildman–Crippen MR) is 83.8 cm³/mol. The molecule has 0 spiro atoms. The van der Waals surface area contributed by atoms with E-state index in [0.29, 0.717) is 18.0 Å². The van der Waals surface area contributed by atoms with Crippen molar-refractivity contribution in [2.24, 2.45) is 5.73 Å². The highest BCUT2D eigenvalue weighted by Crippen LogP contribution is 2.19. The number of hydrogen-bond acceptors (Lipinski definition) is 5. The fourth-order valence-electron chi connectivity index (χ4n) is 2.24. The van der Waals surface area contributed by atoms with Gasteiger partial charge in [-0.05, 0) is 25.5 Å². The van der Waals surface area contributed by atoms with Gasteiger partial charge in [-0.2, -0.15) is 0 Å². The van der Waals surface area contributed by atoms with Gasteiger partial charge in [0.05, 0.1) is 12.1 Å². The van der Waals surface area contributed by atoms with Crippen LogP contribution >= 0.6 is 0 Å². The van der Waals surface area contributed by atoms with Crippen LogP contribution in [0.3, 0.4) is 0 Å². The molecule has 0 saturated carbocycles. The summed E-state index contributed by atoms with van der Waals surface area (Å²) < 4.78 is 31.3. The third-order valence-electron chi connectivity index (χ3n) is 3.46. The number of hydrogen-bond donors (Lipinski definition) is 2. The number of carbonyl (C=O) groups is 2. The Morgan fingerprint density at radius 1 is 1.38 bits per heavy atom. The molecule has 0 aliphatic rings. The van der Waals surface area contributed by atoms with Crippen LogP contribution in [-0.4, -0.2) is 34.7 Å². The lowest BCUT2D eigenvalue weighted by molar-refractivity contribution is -0.125. The second-order valence-electron chi connectivity index (χ2n) is 5.70. The first-order chi connectivity index (χ1) is 11.2. The van der Waals surface area contributed by atoms with Crippen molar-refractivity contribution < 1.29 is 22.8 Å². The highest BCUT2D eigenvalue weighted by molar-refractivity contribution is 6.00. The van der Waals surface area contributed by atoms with Gasteiger partial charge >= 0.3 is 0 Å². The average Bonchev–Trinajstić information content (AvgIpc) is 2.94. The van der Waals surface area contributed by atoms with Crippen molar-refractivity contribution in [3.05, 3.63) is 30.2 Å². The molecule has 2 atom stereocenters. The number of nitrogens with one attached hydrogen (secondary N) is 1. The lowest BCUT2D eigenvalue weighted by Gasteiger charge is -2.19. The molecule has 1 aromatic carbocycles. The lowest BCUT2D eigenvalue weighted by Crippen LogP contribution is -2.49. The number of ketones is 1. The lowest BCUT2D eigenvalue weighted by atomic mass is 10.1. The van der Waals surface area contributed by atoms with Crippen LogP contribution in [0.1, 0.15) is 37.4 Å². The number of benzene rings is 1. The summed E-state index contributed by atoms with van der Waals surface area (Å²) >= 11 is 0. The fourth-order valence-corrected chi connectivity index (χ4v) is 2.24. The number of oxazole rings is 1. The van der Waals surface area contributed by atoms with Crippen LogP contribution in [0.25, 0.3) is 11.1 Å². The normalized spacial score (nSPS) is 14.4. The average molecular weight is 339 g/mol. The van der Waals surface area contributed by atoms with Crippen molar-refractivity contribution in [2.45, 2.75) is 44.7 Å². The first kappa shape index (κ1) is 18.0. The van der Waals surface area contributed by atoms with E-state index in [1.54, 1.807) is 31.2 Å². The maximum Gasteiger partial charge on any atom is 0.266 e. The van der Waals surface area contributed by atoms with Gasteiger partial charge in [-0.1, -0.05) is 19.1 Å². The third-order valence-corrected chi connectivity index (χ3v) is 3.46. The van der Waals surface area contributed by atoms with Gasteiger partial charge in [0.25, 0.3) is 5.89 Å². The van der Waals surface area contributed by atoms with Crippen molar-refractivity contribution in [3.8, 4) is 0 Å². The number of rotatable bonds is 7. The molecule has 0 bridgehead atoms. The zero-order chi connectivity index (χ0) is 17.9.